The SMILES string of the molecule is O=S(=O)(c1ccc(OC[C@H](O)CN2CCN(c3ccccc3O)CC2)cc1)N1CCOCC1. The number of morpholine rings is 1. The third-order valence-electron chi connectivity index (χ3n) is 5.94. The molecule has 2 fully saturated rings. The number of piperazine rings is 1. The van der Waals surface area contributed by atoms with E-state index in [-0.39, 0.29) is 17.3 Å². The summed E-state index contributed by atoms with van der Waals surface area (Å²) in [5.74, 6) is 0.794. The molecule has 2 aromatic carbocycles. The molecule has 0 bridgehead atoms. The van der Waals surface area contributed by atoms with E-state index in [2.05, 4.69) is 9.80 Å². The molecule has 4 rings (SSSR count). The first-order valence-electron chi connectivity index (χ1n) is 11.2. The Balaban J connectivity index is 1.22. The van der Waals surface area contributed by atoms with Crippen molar-refractivity contribution in [1.82, 2.24) is 9.21 Å². The molecule has 9 nitrogen and oxygen atoms in total. The number of β-amino-alcohol motifs (C(OH)–C–C–N with tert-alkyl or cyclic N) is 1. The van der Waals surface area contributed by atoms with E-state index in [1.807, 2.05) is 18.2 Å². The molecule has 0 aromatic heterocycles. The summed E-state index contributed by atoms with van der Waals surface area (Å²) in [7, 11) is -3.53. The summed E-state index contributed by atoms with van der Waals surface area (Å²) in [6, 6.07) is 13.6. The van der Waals surface area contributed by atoms with Crippen molar-refractivity contribution in [2.24, 2.45) is 0 Å². The molecule has 0 aliphatic carbocycles. The lowest BCUT2D eigenvalue weighted by atomic mass is 10.2. The van der Waals surface area contributed by atoms with Crippen LogP contribution in [0, 0.1) is 0 Å². The average molecular weight is 478 g/mol. The zero-order valence-electron chi connectivity index (χ0n) is 18.5. The summed E-state index contributed by atoms with van der Waals surface area (Å²) in [4.78, 5) is 4.53. The molecule has 180 valence electrons. The number of nitrogens with zero attached hydrogens (tertiary/aromatic N) is 3. The predicted molar refractivity (Wildman–Crippen MR) is 124 cm³/mol. The second-order valence-electron chi connectivity index (χ2n) is 8.23. The van der Waals surface area contributed by atoms with Crippen molar-refractivity contribution in [3.05, 3.63) is 48.5 Å². The van der Waals surface area contributed by atoms with Gasteiger partial charge in [0.1, 0.15) is 24.2 Å². The van der Waals surface area contributed by atoms with Crippen molar-refractivity contribution in [3.63, 3.8) is 0 Å². The van der Waals surface area contributed by atoms with Gasteiger partial charge in [0, 0.05) is 45.8 Å². The van der Waals surface area contributed by atoms with Gasteiger partial charge in [0.05, 0.1) is 23.8 Å². The highest BCUT2D eigenvalue weighted by atomic mass is 32.2. The van der Waals surface area contributed by atoms with Crippen LogP contribution in [-0.4, -0.2) is 99.6 Å². The van der Waals surface area contributed by atoms with Gasteiger partial charge in [0.15, 0.2) is 0 Å². The minimum absolute atomic E-state index is 0.120. The highest BCUT2D eigenvalue weighted by molar-refractivity contribution is 7.89. The van der Waals surface area contributed by atoms with Crippen molar-refractivity contribution < 1.29 is 28.1 Å². The molecule has 10 heteroatoms. The fraction of sp³-hybridized carbons (Fsp3) is 0.478. The van der Waals surface area contributed by atoms with Crippen molar-refractivity contribution >= 4 is 15.7 Å². The Hall–Kier alpha value is -2.37. The average Bonchev–Trinajstić information content (AvgIpc) is 2.84. The van der Waals surface area contributed by atoms with Gasteiger partial charge in [-0.25, -0.2) is 8.42 Å². The molecule has 0 saturated carbocycles. The molecule has 1 atom stereocenters. The minimum atomic E-state index is -3.53. The lowest BCUT2D eigenvalue weighted by Crippen LogP contribution is -2.49. The van der Waals surface area contributed by atoms with Crippen LogP contribution >= 0.6 is 0 Å². The topological polar surface area (TPSA) is 103 Å². The quantitative estimate of drug-likeness (QED) is 0.580. The highest BCUT2D eigenvalue weighted by Gasteiger charge is 2.26. The first-order chi connectivity index (χ1) is 15.9. The molecular weight excluding hydrogens is 446 g/mol. The van der Waals surface area contributed by atoms with E-state index in [1.54, 1.807) is 18.2 Å². The van der Waals surface area contributed by atoms with Gasteiger partial charge < -0.3 is 24.6 Å². The number of aliphatic hydroxyl groups excluding tert-OH is 1. The number of aliphatic hydroxyl groups is 1. The Kier molecular flexibility index (Phi) is 7.71. The Morgan fingerprint density at radius 1 is 0.939 bits per heavy atom. The van der Waals surface area contributed by atoms with Crippen LogP contribution in [0.1, 0.15) is 0 Å². The second-order valence-corrected chi connectivity index (χ2v) is 10.2. The van der Waals surface area contributed by atoms with Crippen LogP contribution < -0.4 is 9.64 Å². The molecule has 2 N–H and O–H groups in total. The van der Waals surface area contributed by atoms with E-state index in [1.165, 1.54) is 16.4 Å². The number of phenols is 1. The van der Waals surface area contributed by atoms with Crippen LogP contribution in [0.25, 0.3) is 0 Å². The van der Waals surface area contributed by atoms with Gasteiger partial charge in [-0.2, -0.15) is 4.31 Å². The normalized spacial score (nSPS) is 19.4. The Morgan fingerprint density at radius 2 is 1.61 bits per heavy atom. The number of benzene rings is 2. The molecule has 0 amide bonds. The van der Waals surface area contributed by atoms with E-state index < -0.39 is 16.1 Å². The number of rotatable bonds is 8. The van der Waals surface area contributed by atoms with Crippen LogP contribution in [0.4, 0.5) is 5.69 Å². The number of hydrogen-bond acceptors (Lipinski definition) is 8. The lowest BCUT2D eigenvalue weighted by molar-refractivity contribution is 0.0662. The van der Waals surface area contributed by atoms with Crippen molar-refractivity contribution in [3.8, 4) is 11.5 Å². The second kappa shape index (κ2) is 10.7. The summed E-state index contributed by atoms with van der Waals surface area (Å²) in [5.41, 5.74) is 0.833. The van der Waals surface area contributed by atoms with Gasteiger partial charge in [0.25, 0.3) is 0 Å². The first kappa shape index (κ1) is 23.8. The third kappa shape index (κ3) is 5.96. The Labute approximate surface area is 194 Å². The number of anilines is 1. The third-order valence-corrected chi connectivity index (χ3v) is 7.85. The zero-order chi connectivity index (χ0) is 23.3. The summed E-state index contributed by atoms with van der Waals surface area (Å²) in [6.45, 7) is 5.21. The fourth-order valence-electron chi connectivity index (χ4n) is 4.09. The van der Waals surface area contributed by atoms with E-state index in [9.17, 15) is 18.6 Å². The predicted octanol–water partition coefficient (Wildman–Crippen LogP) is 0.975. The van der Waals surface area contributed by atoms with Gasteiger partial charge in [0.2, 0.25) is 10.0 Å². The molecule has 0 spiro atoms. The van der Waals surface area contributed by atoms with Crippen molar-refractivity contribution in [2.75, 3.05) is 70.5 Å². The number of para-hydroxylation sites is 2. The van der Waals surface area contributed by atoms with E-state index in [0.717, 1.165) is 31.9 Å². The Morgan fingerprint density at radius 3 is 2.27 bits per heavy atom. The van der Waals surface area contributed by atoms with E-state index in [4.69, 9.17) is 9.47 Å². The fourth-order valence-corrected chi connectivity index (χ4v) is 5.50. The van der Waals surface area contributed by atoms with Gasteiger partial charge in [-0.05, 0) is 36.4 Å². The number of sulfonamides is 1. The largest absolute Gasteiger partial charge is 0.506 e. The summed E-state index contributed by atoms with van der Waals surface area (Å²) < 4.78 is 37.7. The molecule has 2 heterocycles. The molecular formula is C23H31N3O6S. The van der Waals surface area contributed by atoms with Crippen LogP contribution in [0.15, 0.2) is 53.4 Å². The molecule has 2 aromatic rings. The van der Waals surface area contributed by atoms with Crippen LogP contribution in [0.5, 0.6) is 11.5 Å². The number of ether oxygens (including phenoxy) is 2. The monoisotopic (exact) mass is 477 g/mol. The first-order valence-corrected chi connectivity index (χ1v) is 12.6. The van der Waals surface area contributed by atoms with Gasteiger partial charge >= 0.3 is 0 Å². The van der Waals surface area contributed by atoms with E-state index in [0.29, 0.717) is 38.6 Å². The summed E-state index contributed by atoms with van der Waals surface area (Å²) >= 11 is 0. The van der Waals surface area contributed by atoms with Gasteiger partial charge in [-0.1, -0.05) is 12.1 Å². The van der Waals surface area contributed by atoms with Gasteiger partial charge in [-0.15, -0.1) is 0 Å². The molecule has 0 radical (unpaired) electrons. The molecule has 0 unspecified atom stereocenters. The number of aromatic hydroxyl groups is 1. The standard InChI is InChI=1S/C23H31N3O6S/c27-19(17-24-9-11-25(12-10-24)22-3-1-2-4-23(22)28)18-32-20-5-7-21(8-6-20)33(29,30)26-13-15-31-16-14-26/h1-8,19,27-28H,9-18H2/t19-/m1/s1. The summed E-state index contributed by atoms with van der Waals surface area (Å²) in [6.07, 6.45) is -0.668. The molecule has 2 aliphatic heterocycles. The van der Waals surface area contributed by atoms with E-state index >= 15 is 0 Å². The lowest BCUT2D eigenvalue weighted by Gasteiger charge is -2.37. The minimum Gasteiger partial charge on any atom is -0.506 e. The summed E-state index contributed by atoms with van der Waals surface area (Å²) in [5, 5.41) is 20.4. The van der Waals surface area contributed by atoms with Crippen molar-refractivity contribution in [2.45, 2.75) is 11.0 Å². The van der Waals surface area contributed by atoms with Crippen molar-refractivity contribution in [1.29, 1.82) is 0 Å². The van der Waals surface area contributed by atoms with Crippen LogP contribution in [-0.2, 0) is 14.8 Å². The maximum absolute atomic E-state index is 12.7. The molecule has 33 heavy (non-hydrogen) atoms. The molecule has 2 saturated heterocycles. The maximum atomic E-state index is 12.7. The van der Waals surface area contributed by atoms with Gasteiger partial charge in [-0.3, -0.25) is 4.90 Å². The van der Waals surface area contributed by atoms with Crippen LogP contribution in [0.2, 0.25) is 0 Å². The maximum Gasteiger partial charge on any atom is 0.243 e. The smallest absolute Gasteiger partial charge is 0.243 e. The highest BCUT2D eigenvalue weighted by Crippen LogP contribution is 2.27. The zero-order valence-corrected chi connectivity index (χ0v) is 19.4. The number of phenolic OH excluding ortho intramolecular Hbond substituents is 1. The molecule has 2 aliphatic rings. The Bertz CT molecular complexity index is 1000. The van der Waals surface area contributed by atoms with Crippen LogP contribution in [0.3, 0.4) is 0 Å². The number of hydrogen-bond donors (Lipinski definition) is 2.